The van der Waals surface area contributed by atoms with Gasteiger partial charge in [-0.05, 0) is 60.1 Å². The molecular formula is C29H41F3N2O5. The Bertz CT molecular complexity index is 1010. The molecule has 0 bridgehead atoms. The summed E-state index contributed by atoms with van der Waals surface area (Å²) in [6.07, 6.45) is -3.49. The molecule has 0 spiro atoms. The van der Waals surface area contributed by atoms with E-state index >= 15 is 0 Å². The molecule has 2 rings (SSSR count). The Hall–Kier alpha value is -2.82. The zero-order chi connectivity index (χ0) is 29.0. The number of amides is 1. The summed E-state index contributed by atoms with van der Waals surface area (Å²) >= 11 is 0. The molecule has 2 aromatic carbocycles. The van der Waals surface area contributed by atoms with Crippen molar-refractivity contribution in [1.82, 2.24) is 5.32 Å². The molecule has 1 amide bonds. The fourth-order valence-corrected chi connectivity index (χ4v) is 4.18. The zero-order valence-electron chi connectivity index (χ0n) is 23.1. The number of rotatable bonds is 16. The minimum atomic E-state index is -4.43. The predicted molar refractivity (Wildman–Crippen MR) is 144 cm³/mol. The lowest BCUT2D eigenvalue weighted by molar-refractivity contribution is -0.137. The van der Waals surface area contributed by atoms with Gasteiger partial charge in [0.15, 0.2) is 11.5 Å². The van der Waals surface area contributed by atoms with Crippen LogP contribution in [0.25, 0.3) is 0 Å². The maximum absolute atomic E-state index is 12.7. The van der Waals surface area contributed by atoms with E-state index in [4.69, 9.17) is 19.9 Å². The lowest BCUT2D eigenvalue weighted by Gasteiger charge is -2.27. The number of alkyl halides is 3. The van der Waals surface area contributed by atoms with E-state index in [1.165, 1.54) is 12.1 Å². The molecule has 2 aromatic rings. The molecule has 0 fully saturated rings. The van der Waals surface area contributed by atoms with E-state index in [9.17, 15) is 23.1 Å². The van der Waals surface area contributed by atoms with Crippen molar-refractivity contribution in [3.05, 3.63) is 59.2 Å². The third kappa shape index (κ3) is 11.1. The largest absolute Gasteiger partial charge is 0.493 e. The topological polar surface area (TPSA) is 103 Å². The maximum Gasteiger partial charge on any atom is 0.416 e. The van der Waals surface area contributed by atoms with Crippen LogP contribution >= 0.6 is 0 Å². The molecule has 0 unspecified atom stereocenters. The number of carbonyl (C=O) groups excluding carboxylic acids is 1. The number of benzene rings is 2. The summed E-state index contributed by atoms with van der Waals surface area (Å²) in [5.41, 5.74) is 7.04. The van der Waals surface area contributed by atoms with Gasteiger partial charge in [-0.15, -0.1) is 0 Å². The van der Waals surface area contributed by atoms with Crippen LogP contribution in [0, 0.1) is 11.8 Å². The Morgan fingerprint density at radius 1 is 1.03 bits per heavy atom. The molecule has 0 aromatic heterocycles. The molecule has 0 saturated carbocycles. The number of ether oxygens (including phenoxy) is 3. The highest BCUT2D eigenvalue weighted by molar-refractivity contribution is 5.78. The fraction of sp³-hybridized carbons (Fsp3) is 0.552. The van der Waals surface area contributed by atoms with Crippen LogP contribution in [0.15, 0.2) is 42.5 Å². The van der Waals surface area contributed by atoms with Gasteiger partial charge in [0.1, 0.15) is 0 Å². The predicted octanol–water partition coefficient (Wildman–Crippen LogP) is 4.38. The highest BCUT2D eigenvalue weighted by Crippen LogP contribution is 2.31. The average Bonchev–Trinajstić information content (AvgIpc) is 2.89. The van der Waals surface area contributed by atoms with E-state index in [2.05, 4.69) is 19.2 Å². The van der Waals surface area contributed by atoms with E-state index in [0.29, 0.717) is 36.7 Å². The van der Waals surface area contributed by atoms with Crippen molar-refractivity contribution in [3.63, 3.8) is 0 Å². The molecule has 4 N–H and O–H groups in total. The van der Waals surface area contributed by atoms with Gasteiger partial charge < -0.3 is 30.4 Å². The second kappa shape index (κ2) is 15.7. The number of methoxy groups -OCH3 is 2. The molecule has 0 aliphatic rings. The highest BCUT2D eigenvalue weighted by Gasteiger charge is 2.30. The van der Waals surface area contributed by atoms with Crippen LogP contribution in [0.4, 0.5) is 13.2 Å². The molecule has 0 aliphatic carbocycles. The minimum absolute atomic E-state index is 0.0482. The van der Waals surface area contributed by atoms with E-state index < -0.39 is 29.8 Å². The first-order chi connectivity index (χ1) is 18.4. The number of halogens is 3. The van der Waals surface area contributed by atoms with Crippen LogP contribution in [0.2, 0.25) is 0 Å². The number of hydrogen-bond acceptors (Lipinski definition) is 6. The fourth-order valence-electron chi connectivity index (χ4n) is 4.18. The Balaban J connectivity index is 1.90. The first-order valence-corrected chi connectivity index (χ1v) is 13.1. The summed E-state index contributed by atoms with van der Waals surface area (Å²) in [4.78, 5) is 12.3. The normalized spacial score (nSPS) is 14.1. The van der Waals surface area contributed by atoms with Crippen molar-refractivity contribution in [2.24, 2.45) is 17.6 Å². The van der Waals surface area contributed by atoms with E-state index in [1.54, 1.807) is 14.2 Å². The Morgan fingerprint density at radius 3 is 2.28 bits per heavy atom. The molecule has 10 heteroatoms. The van der Waals surface area contributed by atoms with Crippen LogP contribution in [0.3, 0.4) is 0 Å². The van der Waals surface area contributed by atoms with Gasteiger partial charge >= 0.3 is 6.18 Å². The van der Waals surface area contributed by atoms with Gasteiger partial charge in [-0.2, -0.15) is 13.2 Å². The SMILES string of the molecule is COCCCOc1cc(C[C@@H](C[C@H](N)[C@@H](O)CNC(=O)Cc2ccc(C(F)(F)F)cc2)C(C)C)ccc1OC. The molecule has 218 valence electrons. The van der Waals surface area contributed by atoms with Crippen molar-refractivity contribution >= 4 is 5.91 Å². The number of carbonyl (C=O) groups is 1. The van der Waals surface area contributed by atoms with E-state index in [1.807, 2.05) is 18.2 Å². The first kappa shape index (κ1) is 32.4. The van der Waals surface area contributed by atoms with Gasteiger partial charge in [0.25, 0.3) is 0 Å². The molecule has 3 atom stereocenters. The van der Waals surface area contributed by atoms with Crippen molar-refractivity contribution in [2.75, 3.05) is 34.0 Å². The second-order valence-corrected chi connectivity index (χ2v) is 10.0. The molecular weight excluding hydrogens is 513 g/mol. The second-order valence-electron chi connectivity index (χ2n) is 10.0. The van der Waals surface area contributed by atoms with Gasteiger partial charge in [-0.3, -0.25) is 4.79 Å². The lowest BCUT2D eigenvalue weighted by atomic mass is 9.83. The van der Waals surface area contributed by atoms with Gasteiger partial charge in [-0.1, -0.05) is 32.0 Å². The van der Waals surface area contributed by atoms with E-state index in [0.717, 1.165) is 30.5 Å². The van der Waals surface area contributed by atoms with Gasteiger partial charge in [0.05, 0.1) is 31.8 Å². The van der Waals surface area contributed by atoms with Crippen molar-refractivity contribution in [2.45, 2.75) is 57.9 Å². The van der Waals surface area contributed by atoms with Crippen LogP contribution in [0.1, 0.15) is 43.4 Å². The van der Waals surface area contributed by atoms with Crippen molar-refractivity contribution in [3.8, 4) is 11.5 Å². The monoisotopic (exact) mass is 554 g/mol. The van der Waals surface area contributed by atoms with Gasteiger partial charge in [0, 0.05) is 32.7 Å². The van der Waals surface area contributed by atoms with Gasteiger partial charge in [0.2, 0.25) is 5.91 Å². The summed E-state index contributed by atoms with van der Waals surface area (Å²) in [6.45, 7) is 5.26. The standard InChI is InChI=1S/C29H41F3N2O5/c1-19(2)22(14-21-8-11-26(38-4)27(15-21)39-13-5-12-37-3)17-24(33)25(35)18-34-28(36)16-20-6-9-23(10-7-20)29(30,31)32/h6-11,15,19,22,24-25,35H,5,12-14,16-18,33H2,1-4H3,(H,34,36)/t22-,24-,25-/m0/s1. The van der Waals surface area contributed by atoms with Crippen molar-refractivity contribution in [1.29, 1.82) is 0 Å². The Labute approximate surface area is 228 Å². The highest BCUT2D eigenvalue weighted by atomic mass is 19.4. The van der Waals surface area contributed by atoms with Crippen LogP contribution in [-0.2, 0) is 28.5 Å². The number of aliphatic hydroxyl groups excluding tert-OH is 1. The lowest BCUT2D eigenvalue weighted by Crippen LogP contribution is -2.45. The maximum atomic E-state index is 12.7. The number of nitrogens with two attached hydrogens (primary N) is 1. The third-order valence-electron chi connectivity index (χ3n) is 6.64. The van der Waals surface area contributed by atoms with E-state index in [-0.39, 0.29) is 24.8 Å². The molecule has 0 saturated heterocycles. The minimum Gasteiger partial charge on any atom is -0.493 e. The number of nitrogens with one attached hydrogen (secondary N) is 1. The quantitative estimate of drug-likeness (QED) is 0.266. The van der Waals surface area contributed by atoms with Crippen LogP contribution in [-0.4, -0.2) is 57.1 Å². The molecule has 7 nitrogen and oxygen atoms in total. The van der Waals surface area contributed by atoms with Crippen LogP contribution < -0.4 is 20.5 Å². The van der Waals surface area contributed by atoms with Crippen LogP contribution in [0.5, 0.6) is 11.5 Å². The summed E-state index contributed by atoms with van der Waals surface area (Å²) in [6, 6.07) is 9.67. The summed E-state index contributed by atoms with van der Waals surface area (Å²) in [5, 5.41) is 13.2. The smallest absolute Gasteiger partial charge is 0.416 e. The Morgan fingerprint density at radius 2 is 1.69 bits per heavy atom. The number of hydrogen-bond donors (Lipinski definition) is 3. The summed E-state index contributed by atoms with van der Waals surface area (Å²) < 4.78 is 54.5. The zero-order valence-corrected chi connectivity index (χ0v) is 23.1. The first-order valence-electron chi connectivity index (χ1n) is 13.1. The summed E-state index contributed by atoms with van der Waals surface area (Å²) in [7, 11) is 3.24. The van der Waals surface area contributed by atoms with Gasteiger partial charge in [-0.25, -0.2) is 0 Å². The molecule has 0 radical (unpaired) electrons. The third-order valence-corrected chi connectivity index (χ3v) is 6.64. The number of aliphatic hydroxyl groups is 1. The molecule has 0 aliphatic heterocycles. The Kier molecular flexibility index (Phi) is 13.0. The summed E-state index contributed by atoms with van der Waals surface area (Å²) in [5.74, 6) is 1.35. The van der Waals surface area contributed by atoms with Crippen molar-refractivity contribution < 1.29 is 37.3 Å². The average molecular weight is 555 g/mol. The molecule has 0 heterocycles. The molecule has 39 heavy (non-hydrogen) atoms.